The molecule has 88 valence electrons. The molecular weight excluding hydrogens is 200 g/mol. The summed E-state index contributed by atoms with van der Waals surface area (Å²) in [6.45, 7) is 5.19. The number of carbonyl (C=O) groups excluding carboxylic acids is 1. The van der Waals surface area contributed by atoms with E-state index in [0.717, 1.165) is 6.08 Å². The molecule has 0 radical (unpaired) electrons. The molecule has 0 bridgehead atoms. The summed E-state index contributed by atoms with van der Waals surface area (Å²) in [6, 6.07) is 0. The lowest BCUT2D eigenvalue weighted by atomic mass is 10.6. The largest absolute Gasteiger partial charge is 0.405 e. The second-order valence-corrected chi connectivity index (χ2v) is 2.77. The number of hydrogen-bond donors (Lipinski definition) is 2. The molecule has 0 unspecified atom stereocenters. The third-order valence-corrected chi connectivity index (χ3v) is 1.41. The summed E-state index contributed by atoms with van der Waals surface area (Å²) in [5, 5.41) is 5.50. The van der Waals surface area contributed by atoms with E-state index in [1.807, 2.05) is 0 Å². The first kappa shape index (κ1) is 14.1. The number of hydrogen-bond acceptors (Lipinski definition) is 6. The molecule has 15 heavy (non-hydrogen) atoms. The van der Waals surface area contributed by atoms with Crippen LogP contribution in [0.25, 0.3) is 0 Å². The molecule has 0 saturated carbocycles. The molecule has 0 spiro atoms. The summed E-state index contributed by atoms with van der Waals surface area (Å²) in [7, 11) is 3.40. The van der Waals surface area contributed by atoms with Gasteiger partial charge in [-0.3, -0.25) is 10.6 Å². The average molecular weight is 218 g/mol. The number of nitrogens with one attached hydrogen (secondary N) is 2. The maximum atomic E-state index is 11.0. The highest BCUT2D eigenvalue weighted by Crippen LogP contribution is 2.13. The molecule has 0 aliphatic heterocycles. The van der Waals surface area contributed by atoms with Gasteiger partial charge in [-0.2, -0.15) is 0 Å². The van der Waals surface area contributed by atoms with Crippen LogP contribution in [0.1, 0.15) is 6.92 Å². The van der Waals surface area contributed by atoms with Gasteiger partial charge in [-0.1, -0.05) is 6.58 Å². The Morgan fingerprint density at radius 2 is 1.80 bits per heavy atom. The molecule has 0 saturated heterocycles. The summed E-state index contributed by atoms with van der Waals surface area (Å²) >= 11 is 0. The van der Waals surface area contributed by atoms with Crippen LogP contribution in [0.2, 0.25) is 0 Å². The Balaban J connectivity index is 4.24. The molecule has 6 heteroatoms. The lowest BCUT2D eigenvalue weighted by Crippen LogP contribution is -2.41. The zero-order valence-corrected chi connectivity index (χ0v) is 9.33. The molecule has 0 rings (SSSR count). The predicted molar refractivity (Wildman–Crippen MR) is 54.7 cm³/mol. The summed E-state index contributed by atoms with van der Waals surface area (Å²) in [5.74, 6) is -2.03. The zero-order chi connectivity index (χ0) is 11.7. The van der Waals surface area contributed by atoms with Crippen LogP contribution in [0.15, 0.2) is 12.7 Å². The molecule has 2 N–H and O–H groups in total. The fourth-order valence-electron chi connectivity index (χ4n) is 0.732. The molecule has 0 heterocycles. The number of rotatable bonds is 8. The molecule has 0 aliphatic rings. The van der Waals surface area contributed by atoms with Crippen molar-refractivity contribution in [3.8, 4) is 0 Å². The van der Waals surface area contributed by atoms with E-state index in [1.54, 1.807) is 14.1 Å². The molecular formula is C9H18N2O4. The Kier molecular flexibility index (Phi) is 6.89. The minimum Gasteiger partial charge on any atom is -0.405 e. The molecule has 0 aromatic heterocycles. The molecule has 0 atom stereocenters. The van der Waals surface area contributed by atoms with E-state index in [2.05, 4.69) is 17.2 Å². The molecule has 0 aromatic rings. The van der Waals surface area contributed by atoms with E-state index in [-0.39, 0.29) is 13.5 Å². The van der Waals surface area contributed by atoms with Crippen LogP contribution in [-0.2, 0) is 19.0 Å². The minimum absolute atomic E-state index is 0.199. The van der Waals surface area contributed by atoms with Gasteiger partial charge in [0.1, 0.15) is 13.5 Å². The Labute approximate surface area is 89.6 Å². The predicted octanol–water partition coefficient (Wildman–Crippen LogP) is -0.224. The Morgan fingerprint density at radius 3 is 2.13 bits per heavy atom. The van der Waals surface area contributed by atoms with Crippen molar-refractivity contribution in [2.45, 2.75) is 12.9 Å². The fraction of sp³-hybridized carbons (Fsp3) is 0.667. The van der Waals surface area contributed by atoms with Crippen molar-refractivity contribution in [2.75, 3.05) is 27.6 Å². The second-order valence-electron chi connectivity index (χ2n) is 2.77. The van der Waals surface area contributed by atoms with Crippen LogP contribution in [0.4, 0.5) is 0 Å². The standard InChI is InChI=1S/C9H18N2O4/c1-5-8(12)15-9(2,13-6-10-3)14-7-11-4/h5,10-11H,1,6-7H2,2-4H3. The third kappa shape index (κ3) is 6.19. The fourth-order valence-corrected chi connectivity index (χ4v) is 0.732. The van der Waals surface area contributed by atoms with Crippen molar-refractivity contribution in [1.82, 2.24) is 10.6 Å². The van der Waals surface area contributed by atoms with Crippen LogP contribution >= 0.6 is 0 Å². The van der Waals surface area contributed by atoms with E-state index >= 15 is 0 Å². The average Bonchev–Trinajstić information content (AvgIpc) is 2.23. The van der Waals surface area contributed by atoms with Crippen molar-refractivity contribution in [1.29, 1.82) is 0 Å². The third-order valence-electron chi connectivity index (χ3n) is 1.41. The van der Waals surface area contributed by atoms with E-state index in [1.165, 1.54) is 6.92 Å². The minimum atomic E-state index is -1.42. The maximum Gasteiger partial charge on any atom is 0.334 e. The molecule has 0 fully saturated rings. The maximum absolute atomic E-state index is 11.0. The highest BCUT2D eigenvalue weighted by molar-refractivity contribution is 5.81. The molecule has 0 amide bonds. The van der Waals surface area contributed by atoms with E-state index in [9.17, 15) is 4.79 Å². The van der Waals surface area contributed by atoms with Gasteiger partial charge in [-0.05, 0) is 14.1 Å². The van der Waals surface area contributed by atoms with E-state index in [4.69, 9.17) is 14.2 Å². The van der Waals surface area contributed by atoms with Gasteiger partial charge in [-0.25, -0.2) is 4.79 Å². The first-order valence-corrected chi connectivity index (χ1v) is 4.50. The van der Waals surface area contributed by atoms with Crippen LogP contribution < -0.4 is 10.6 Å². The van der Waals surface area contributed by atoms with Gasteiger partial charge in [0.2, 0.25) is 0 Å². The molecule has 0 aliphatic carbocycles. The first-order chi connectivity index (χ1) is 7.08. The van der Waals surface area contributed by atoms with Crippen molar-refractivity contribution < 1.29 is 19.0 Å². The van der Waals surface area contributed by atoms with Crippen molar-refractivity contribution in [3.05, 3.63) is 12.7 Å². The van der Waals surface area contributed by atoms with Gasteiger partial charge >= 0.3 is 11.9 Å². The van der Waals surface area contributed by atoms with Crippen molar-refractivity contribution in [3.63, 3.8) is 0 Å². The summed E-state index contributed by atoms with van der Waals surface area (Å²) in [4.78, 5) is 11.0. The van der Waals surface area contributed by atoms with Crippen LogP contribution in [0.3, 0.4) is 0 Å². The van der Waals surface area contributed by atoms with Crippen molar-refractivity contribution >= 4 is 5.97 Å². The highest BCUT2D eigenvalue weighted by Gasteiger charge is 2.30. The van der Waals surface area contributed by atoms with Gasteiger partial charge < -0.3 is 14.2 Å². The summed E-state index contributed by atoms with van der Waals surface area (Å²) < 4.78 is 15.3. The highest BCUT2D eigenvalue weighted by atomic mass is 16.9. The van der Waals surface area contributed by atoms with Crippen molar-refractivity contribution in [2.24, 2.45) is 0 Å². The SMILES string of the molecule is C=CC(=O)OC(C)(OCNC)OCNC. The van der Waals surface area contributed by atoms with Gasteiger partial charge in [0.15, 0.2) is 0 Å². The topological polar surface area (TPSA) is 68.8 Å². The van der Waals surface area contributed by atoms with Gasteiger partial charge in [0.05, 0.1) is 0 Å². The summed E-state index contributed by atoms with van der Waals surface area (Å²) in [6.07, 6.45) is 1.05. The number of esters is 1. The van der Waals surface area contributed by atoms with Gasteiger partial charge in [0, 0.05) is 13.0 Å². The smallest absolute Gasteiger partial charge is 0.334 e. The molecule has 6 nitrogen and oxygen atoms in total. The molecule has 0 aromatic carbocycles. The van der Waals surface area contributed by atoms with Crippen LogP contribution in [0.5, 0.6) is 0 Å². The van der Waals surface area contributed by atoms with Crippen LogP contribution in [-0.4, -0.2) is 39.5 Å². The summed E-state index contributed by atoms with van der Waals surface area (Å²) in [5.41, 5.74) is 0. The van der Waals surface area contributed by atoms with Crippen LogP contribution in [0, 0.1) is 0 Å². The first-order valence-electron chi connectivity index (χ1n) is 4.50. The normalized spacial score (nSPS) is 11.1. The zero-order valence-electron chi connectivity index (χ0n) is 9.33. The Bertz CT molecular complexity index is 200. The lowest BCUT2D eigenvalue weighted by molar-refractivity contribution is -0.353. The van der Waals surface area contributed by atoms with E-state index in [0.29, 0.717) is 0 Å². The second kappa shape index (κ2) is 7.36. The monoisotopic (exact) mass is 218 g/mol. The van der Waals surface area contributed by atoms with Gasteiger partial charge in [-0.15, -0.1) is 0 Å². The lowest BCUT2D eigenvalue weighted by Gasteiger charge is -2.28. The van der Waals surface area contributed by atoms with E-state index < -0.39 is 11.9 Å². The van der Waals surface area contributed by atoms with Gasteiger partial charge in [0.25, 0.3) is 0 Å². The quantitative estimate of drug-likeness (QED) is 0.333. The number of carbonyl (C=O) groups is 1. The number of ether oxygens (including phenoxy) is 3. The Morgan fingerprint density at radius 1 is 1.33 bits per heavy atom. The Hall–Kier alpha value is -0.950.